The van der Waals surface area contributed by atoms with Crippen molar-refractivity contribution >= 4 is 17.5 Å². The number of alkyl halides is 3. The lowest BCUT2D eigenvalue weighted by Gasteiger charge is -2.13. The first kappa shape index (κ1) is 18.0. The van der Waals surface area contributed by atoms with Crippen molar-refractivity contribution in [2.24, 2.45) is 5.92 Å². The van der Waals surface area contributed by atoms with Gasteiger partial charge in [-0.1, -0.05) is 19.9 Å². The Bertz CT molecular complexity index is 526. The molecule has 1 aromatic rings. The molecule has 2 N–H and O–H groups in total. The second-order valence-electron chi connectivity index (χ2n) is 4.86. The van der Waals surface area contributed by atoms with Crippen LogP contribution in [0.4, 0.5) is 18.9 Å². The Kier molecular flexibility index (Phi) is 6.39. The first-order valence-corrected chi connectivity index (χ1v) is 7.02. The van der Waals surface area contributed by atoms with Crippen molar-refractivity contribution in [3.8, 4) is 0 Å². The minimum atomic E-state index is -4.47. The topological polar surface area (TPSA) is 58.2 Å². The molecule has 122 valence electrons. The van der Waals surface area contributed by atoms with E-state index in [1.165, 1.54) is 12.1 Å². The molecule has 0 aliphatic carbocycles. The molecular weight excluding hydrogens is 297 g/mol. The van der Waals surface area contributed by atoms with Crippen molar-refractivity contribution in [3.63, 3.8) is 0 Å². The summed E-state index contributed by atoms with van der Waals surface area (Å²) < 4.78 is 37.7. The number of carbonyl (C=O) groups excluding carboxylic acids is 2. The number of rotatable bonds is 6. The maximum atomic E-state index is 12.6. The summed E-state index contributed by atoms with van der Waals surface area (Å²) in [6.07, 6.45) is -3.14. The zero-order valence-electron chi connectivity index (χ0n) is 12.5. The summed E-state index contributed by atoms with van der Waals surface area (Å²) in [5.41, 5.74) is -0.803. The molecular formula is C15H19F3N2O2. The van der Waals surface area contributed by atoms with Gasteiger partial charge < -0.3 is 10.6 Å². The molecule has 22 heavy (non-hydrogen) atoms. The minimum absolute atomic E-state index is 0.0385. The van der Waals surface area contributed by atoms with Crippen molar-refractivity contribution in [1.82, 2.24) is 5.32 Å². The molecule has 7 heteroatoms. The van der Waals surface area contributed by atoms with E-state index < -0.39 is 17.6 Å². The summed E-state index contributed by atoms with van der Waals surface area (Å²) in [7, 11) is 0. The minimum Gasteiger partial charge on any atom is -0.347 e. The van der Waals surface area contributed by atoms with E-state index in [-0.39, 0.29) is 24.1 Å². The fraction of sp³-hybridized carbons (Fsp3) is 0.467. The molecule has 0 saturated heterocycles. The van der Waals surface area contributed by atoms with E-state index in [9.17, 15) is 22.8 Å². The lowest BCUT2D eigenvalue weighted by molar-refractivity contribution is -0.137. The van der Waals surface area contributed by atoms with Gasteiger partial charge in [0.15, 0.2) is 0 Å². The molecule has 0 unspecified atom stereocenters. The van der Waals surface area contributed by atoms with Crippen LogP contribution >= 0.6 is 0 Å². The molecule has 0 heterocycles. The van der Waals surface area contributed by atoms with Crippen LogP contribution in [-0.4, -0.2) is 18.4 Å². The standard InChI is InChI=1S/C15H19F3N2O2/c1-3-10(4-2)14(22)19-9-13(21)20-12-7-5-6-11(8-12)15(16,17)18/h5-8,10H,3-4,9H2,1-2H3,(H,19,22)(H,20,21). The fourth-order valence-electron chi connectivity index (χ4n) is 1.95. The van der Waals surface area contributed by atoms with Crippen molar-refractivity contribution in [2.45, 2.75) is 32.9 Å². The normalized spacial score (nSPS) is 11.4. The molecule has 0 radical (unpaired) electrons. The Morgan fingerprint density at radius 1 is 1.18 bits per heavy atom. The molecule has 1 aromatic carbocycles. The quantitative estimate of drug-likeness (QED) is 0.847. The van der Waals surface area contributed by atoms with Gasteiger partial charge in [-0.2, -0.15) is 13.2 Å². The number of hydrogen-bond donors (Lipinski definition) is 2. The summed E-state index contributed by atoms with van der Waals surface area (Å²) in [6.45, 7) is 3.47. The van der Waals surface area contributed by atoms with Gasteiger partial charge in [-0.15, -0.1) is 0 Å². The van der Waals surface area contributed by atoms with Gasteiger partial charge in [-0.3, -0.25) is 9.59 Å². The van der Waals surface area contributed by atoms with Crippen molar-refractivity contribution in [1.29, 1.82) is 0 Å². The van der Waals surface area contributed by atoms with E-state index in [0.717, 1.165) is 12.1 Å². The van der Waals surface area contributed by atoms with Gasteiger partial charge in [0.2, 0.25) is 11.8 Å². The number of nitrogens with one attached hydrogen (secondary N) is 2. The van der Waals surface area contributed by atoms with Crippen LogP contribution in [0.2, 0.25) is 0 Å². The van der Waals surface area contributed by atoms with E-state index in [4.69, 9.17) is 0 Å². The van der Waals surface area contributed by atoms with Crippen molar-refractivity contribution < 1.29 is 22.8 Å². The predicted molar refractivity (Wildman–Crippen MR) is 77.2 cm³/mol. The number of halogens is 3. The Hall–Kier alpha value is -2.05. The van der Waals surface area contributed by atoms with Gasteiger partial charge in [0.25, 0.3) is 0 Å². The largest absolute Gasteiger partial charge is 0.416 e. The zero-order valence-corrected chi connectivity index (χ0v) is 12.5. The van der Waals surface area contributed by atoms with Crippen LogP contribution in [0.5, 0.6) is 0 Å². The van der Waals surface area contributed by atoms with Gasteiger partial charge in [0.05, 0.1) is 12.1 Å². The van der Waals surface area contributed by atoms with Crippen LogP contribution in [0.3, 0.4) is 0 Å². The average Bonchev–Trinajstić information content (AvgIpc) is 2.46. The number of carbonyl (C=O) groups is 2. The second-order valence-corrected chi connectivity index (χ2v) is 4.86. The van der Waals surface area contributed by atoms with Crippen LogP contribution in [0.15, 0.2) is 24.3 Å². The van der Waals surface area contributed by atoms with Gasteiger partial charge in [-0.05, 0) is 31.0 Å². The van der Waals surface area contributed by atoms with Gasteiger partial charge >= 0.3 is 6.18 Å². The highest BCUT2D eigenvalue weighted by molar-refractivity contribution is 5.94. The SMILES string of the molecule is CCC(CC)C(=O)NCC(=O)Nc1cccc(C(F)(F)F)c1. The van der Waals surface area contributed by atoms with Crippen molar-refractivity contribution in [2.75, 3.05) is 11.9 Å². The lowest BCUT2D eigenvalue weighted by Crippen LogP contribution is -2.36. The fourth-order valence-corrected chi connectivity index (χ4v) is 1.95. The van der Waals surface area contributed by atoms with Crippen LogP contribution < -0.4 is 10.6 Å². The maximum Gasteiger partial charge on any atom is 0.416 e. The Morgan fingerprint density at radius 3 is 2.36 bits per heavy atom. The van der Waals surface area contributed by atoms with Crippen LogP contribution in [0, 0.1) is 5.92 Å². The third kappa shape index (κ3) is 5.38. The maximum absolute atomic E-state index is 12.6. The van der Waals surface area contributed by atoms with Gasteiger partial charge in [-0.25, -0.2) is 0 Å². The molecule has 0 fully saturated rings. The number of benzene rings is 1. The third-order valence-corrected chi connectivity index (χ3v) is 3.25. The number of hydrogen-bond acceptors (Lipinski definition) is 2. The first-order chi connectivity index (χ1) is 10.3. The van der Waals surface area contributed by atoms with Crippen LogP contribution in [0.1, 0.15) is 32.3 Å². The monoisotopic (exact) mass is 316 g/mol. The van der Waals surface area contributed by atoms with Gasteiger partial charge in [0, 0.05) is 11.6 Å². The highest BCUT2D eigenvalue weighted by atomic mass is 19.4. The third-order valence-electron chi connectivity index (χ3n) is 3.25. The molecule has 0 bridgehead atoms. The van der Waals surface area contributed by atoms with E-state index in [1.54, 1.807) is 0 Å². The first-order valence-electron chi connectivity index (χ1n) is 7.02. The van der Waals surface area contributed by atoms with E-state index >= 15 is 0 Å². The summed E-state index contributed by atoms with van der Waals surface area (Å²) in [5.74, 6) is -0.968. The molecule has 1 rings (SSSR count). The molecule has 4 nitrogen and oxygen atoms in total. The van der Waals surface area contributed by atoms with E-state index in [1.807, 2.05) is 13.8 Å². The highest BCUT2D eigenvalue weighted by Gasteiger charge is 2.30. The van der Waals surface area contributed by atoms with Crippen LogP contribution in [0.25, 0.3) is 0 Å². The smallest absolute Gasteiger partial charge is 0.347 e. The molecule has 0 aliphatic rings. The molecule has 0 aromatic heterocycles. The van der Waals surface area contributed by atoms with E-state index in [2.05, 4.69) is 10.6 Å². The molecule has 2 amide bonds. The second kappa shape index (κ2) is 7.82. The molecule has 0 spiro atoms. The van der Waals surface area contributed by atoms with Crippen molar-refractivity contribution in [3.05, 3.63) is 29.8 Å². The Morgan fingerprint density at radius 2 is 1.82 bits per heavy atom. The molecule has 0 atom stereocenters. The number of anilines is 1. The Labute approximate surface area is 127 Å². The molecule has 0 saturated carbocycles. The summed E-state index contributed by atoms with van der Waals surface area (Å²) in [6, 6.07) is 4.34. The molecule has 0 aliphatic heterocycles. The summed E-state index contributed by atoms with van der Waals surface area (Å²) >= 11 is 0. The number of amides is 2. The summed E-state index contributed by atoms with van der Waals surface area (Å²) in [5, 5.41) is 4.81. The lowest BCUT2D eigenvalue weighted by atomic mass is 10.0. The van der Waals surface area contributed by atoms with E-state index in [0.29, 0.717) is 12.8 Å². The predicted octanol–water partition coefficient (Wildman–Crippen LogP) is 3.20. The average molecular weight is 316 g/mol. The van der Waals surface area contributed by atoms with Crippen LogP contribution in [-0.2, 0) is 15.8 Å². The zero-order chi connectivity index (χ0) is 16.8. The van der Waals surface area contributed by atoms with Gasteiger partial charge in [0.1, 0.15) is 0 Å². The Balaban J connectivity index is 2.57. The summed E-state index contributed by atoms with van der Waals surface area (Å²) in [4.78, 5) is 23.4. The highest BCUT2D eigenvalue weighted by Crippen LogP contribution is 2.30.